The van der Waals surface area contributed by atoms with E-state index in [2.05, 4.69) is 31.8 Å². The van der Waals surface area contributed by atoms with Gasteiger partial charge < -0.3 is 19.5 Å². The summed E-state index contributed by atoms with van der Waals surface area (Å²) in [6.45, 7) is 12.5. The first kappa shape index (κ1) is 28.9. The Kier molecular flexibility index (Phi) is 9.39. The molecule has 0 radical (unpaired) electrons. The molecule has 1 amide bonds. The third-order valence-corrected chi connectivity index (χ3v) is 9.00. The minimum atomic E-state index is -1.00. The van der Waals surface area contributed by atoms with Gasteiger partial charge in [0.15, 0.2) is 0 Å². The van der Waals surface area contributed by atoms with Crippen molar-refractivity contribution in [3.05, 3.63) is 27.5 Å². The van der Waals surface area contributed by atoms with Gasteiger partial charge in [-0.05, 0) is 90.5 Å². The lowest BCUT2D eigenvalue weighted by atomic mass is 9.79. The van der Waals surface area contributed by atoms with E-state index >= 15 is 0 Å². The van der Waals surface area contributed by atoms with Gasteiger partial charge in [0, 0.05) is 30.6 Å². The van der Waals surface area contributed by atoms with E-state index in [9.17, 15) is 14.7 Å². The summed E-state index contributed by atoms with van der Waals surface area (Å²) in [6.07, 6.45) is 8.55. The van der Waals surface area contributed by atoms with Crippen LogP contribution in [0, 0.1) is 35.0 Å². The number of carboxylic acid groups (broad SMARTS) is 1. The summed E-state index contributed by atoms with van der Waals surface area (Å²) >= 11 is 1.18. The second-order valence-electron chi connectivity index (χ2n) is 12.4. The summed E-state index contributed by atoms with van der Waals surface area (Å²) < 4.78 is 11.5. The predicted molar refractivity (Wildman–Crippen MR) is 152 cm³/mol. The van der Waals surface area contributed by atoms with Gasteiger partial charge in [0.05, 0.1) is 23.3 Å². The number of carboxylic acids is 1. The molecule has 2 aliphatic carbocycles. The molecule has 2 heterocycles. The lowest BCUT2D eigenvalue weighted by Crippen LogP contribution is -2.47. The van der Waals surface area contributed by atoms with Crippen molar-refractivity contribution in [1.29, 1.82) is 0 Å². The molecule has 1 aromatic heterocycles. The van der Waals surface area contributed by atoms with Crippen LogP contribution in [0.2, 0.25) is 0 Å². The minimum absolute atomic E-state index is 0.0242. The quantitative estimate of drug-likeness (QED) is 0.314. The van der Waals surface area contributed by atoms with Gasteiger partial charge in [0.2, 0.25) is 5.91 Å². The summed E-state index contributed by atoms with van der Waals surface area (Å²) in [6, 6.07) is 1.82. The number of nitrogens with zero attached hydrogens (tertiary/aromatic N) is 1. The van der Waals surface area contributed by atoms with Crippen LogP contribution in [0.25, 0.3) is 0 Å². The number of carbonyl (C=O) groups excluding carboxylic acids is 1. The third kappa shape index (κ3) is 7.28. The number of allylic oxidation sites excluding steroid dienone is 2. The average Bonchev–Trinajstić information content (AvgIpc) is 3.52. The van der Waals surface area contributed by atoms with Crippen LogP contribution in [0.15, 0.2) is 17.7 Å². The molecule has 0 spiro atoms. The molecule has 0 aromatic carbocycles. The maximum Gasteiger partial charge on any atom is 0.348 e. The second-order valence-corrected chi connectivity index (χ2v) is 13.5. The van der Waals surface area contributed by atoms with Crippen LogP contribution in [0.1, 0.15) is 94.1 Å². The van der Waals surface area contributed by atoms with Gasteiger partial charge in [-0.2, -0.15) is 0 Å². The fourth-order valence-corrected chi connectivity index (χ4v) is 6.66. The first-order chi connectivity index (χ1) is 18.0. The fourth-order valence-electron chi connectivity index (χ4n) is 5.82. The standard InChI is InChI=1S/C31H43NO5S/c1-20-6-11-26(21(2)16-20)29(33)32(23-9-7-22(8-10-23)18-37-24-13-15-36-19-24)27-17-25(12-14-31(3,4)5)38-28(27)30(34)35/h6,17,21-24,26H,7-11,13,15-16,18-19H2,1-5H3,(H,34,35)/t21-,22?,23?,24+,26?/m1/s1. The van der Waals surface area contributed by atoms with Gasteiger partial charge >= 0.3 is 5.97 Å². The number of thiophene rings is 1. The summed E-state index contributed by atoms with van der Waals surface area (Å²) in [5, 5.41) is 10.1. The zero-order valence-corrected chi connectivity index (χ0v) is 24.4. The van der Waals surface area contributed by atoms with Crippen LogP contribution in [0.4, 0.5) is 5.69 Å². The van der Waals surface area contributed by atoms with E-state index in [0.717, 1.165) is 51.7 Å². The molecule has 4 rings (SSSR count). The van der Waals surface area contributed by atoms with E-state index in [4.69, 9.17) is 9.47 Å². The van der Waals surface area contributed by atoms with Crippen LogP contribution in [0.3, 0.4) is 0 Å². The average molecular weight is 542 g/mol. The number of rotatable bonds is 7. The monoisotopic (exact) mass is 541 g/mol. The first-order valence-corrected chi connectivity index (χ1v) is 14.9. The second kappa shape index (κ2) is 12.4. The molecule has 3 aliphatic rings. The Bertz CT molecular complexity index is 1090. The zero-order valence-electron chi connectivity index (χ0n) is 23.5. The molecule has 2 fully saturated rings. The third-order valence-electron chi connectivity index (χ3n) is 7.97. The Morgan fingerprint density at radius 1 is 1.21 bits per heavy atom. The first-order valence-electron chi connectivity index (χ1n) is 14.1. The van der Waals surface area contributed by atoms with Crippen LogP contribution in [-0.2, 0) is 14.3 Å². The predicted octanol–water partition coefficient (Wildman–Crippen LogP) is 6.53. The molecule has 7 heteroatoms. The number of anilines is 1. The van der Waals surface area contributed by atoms with Crippen molar-refractivity contribution in [2.75, 3.05) is 24.7 Å². The van der Waals surface area contributed by atoms with E-state index in [-0.39, 0.29) is 40.2 Å². The summed E-state index contributed by atoms with van der Waals surface area (Å²) in [7, 11) is 0. The SMILES string of the molecule is CC1=CCC(C(=O)N(c2cc(C#CC(C)(C)C)sc2C(=O)O)C2CCC(CO[C@H]3CCOC3)CC2)[C@H](C)C1. The van der Waals surface area contributed by atoms with Crippen LogP contribution in [-0.4, -0.2) is 48.9 Å². The highest BCUT2D eigenvalue weighted by molar-refractivity contribution is 7.15. The fraction of sp³-hybridized carbons (Fsp3) is 0.677. The van der Waals surface area contributed by atoms with E-state index in [1.54, 1.807) is 0 Å². The van der Waals surface area contributed by atoms with Crippen LogP contribution < -0.4 is 4.90 Å². The van der Waals surface area contributed by atoms with Crippen molar-refractivity contribution < 1.29 is 24.2 Å². The zero-order chi connectivity index (χ0) is 27.4. The Morgan fingerprint density at radius 3 is 2.55 bits per heavy atom. The molecule has 38 heavy (non-hydrogen) atoms. The lowest BCUT2D eigenvalue weighted by molar-refractivity contribution is -0.124. The molecule has 0 bridgehead atoms. The van der Waals surface area contributed by atoms with Crippen molar-refractivity contribution in [1.82, 2.24) is 0 Å². The molecule has 1 N–H and O–H groups in total. The van der Waals surface area contributed by atoms with E-state index in [1.807, 2.05) is 31.7 Å². The van der Waals surface area contributed by atoms with Crippen molar-refractivity contribution in [3.8, 4) is 11.8 Å². The highest BCUT2D eigenvalue weighted by atomic mass is 32.1. The topological polar surface area (TPSA) is 76.1 Å². The Morgan fingerprint density at radius 2 is 1.95 bits per heavy atom. The lowest BCUT2D eigenvalue weighted by Gasteiger charge is -2.40. The van der Waals surface area contributed by atoms with Gasteiger partial charge in [0.25, 0.3) is 0 Å². The van der Waals surface area contributed by atoms with Gasteiger partial charge in [-0.3, -0.25) is 4.79 Å². The summed E-state index contributed by atoms with van der Waals surface area (Å²) in [5.74, 6) is 5.98. The Hall–Kier alpha value is -2.14. The molecular weight excluding hydrogens is 498 g/mol. The number of aromatic carboxylic acids is 1. The number of hydrogen-bond donors (Lipinski definition) is 1. The van der Waals surface area contributed by atoms with Crippen molar-refractivity contribution >= 4 is 28.9 Å². The molecule has 208 valence electrons. The van der Waals surface area contributed by atoms with Crippen LogP contribution in [0.5, 0.6) is 0 Å². The van der Waals surface area contributed by atoms with Gasteiger partial charge in [-0.1, -0.05) is 30.4 Å². The summed E-state index contributed by atoms with van der Waals surface area (Å²) in [5.41, 5.74) is 1.64. The molecule has 1 saturated carbocycles. The minimum Gasteiger partial charge on any atom is -0.477 e. The largest absolute Gasteiger partial charge is 0.477 e. The van der Waals surface area contributed by atoms with Gasteiger partial charge in [-0.15, -0.1) is 11.3 Å². The number of ether oxygens (including phenoxy) is 2. The molecule has 1 unspecified atom stereocenters. The highest BCUT2D eigenvalue weighted by Gasteiger charge is 2.39. The molecule has 1 aliphatic heterocycles. The van der Waals surface area contributed by atoms with Crippen LogP contribution >= 0.6 is 11.3 Å². The van der Waals surface area contributed by atoms with E-state index in [1.165, 1.54) is 16.9 Å². The smallest absolute Gasteiger partial charge is 0.348 e. The van der Waals surface area contributed by atoms with E-state index < -0.39 is 5.97 Å². The Labute approximate surface area is 231 Å². The van der Waals surface area contributed by atoms with Crippen molar-refractivity contribution in [2.45, 2.75) is 91.7 Å². The normalized spacial score (nSPS) is 27.8. The summed E-state index contributed by atoms with van der Waals surface area (Å²) in [4.78, 5) is 29.4. The number of amides is 1. The highest BCUT2D eigenvalue weighted by Crippen LogP contribution is 2.40. The molecule has 1 saturated heterocycles. The van der Waals surface area contributed by atoms with E-state index in [0.29, 0.717) is 29.5 Å². The molecule has 6 nitrogen and oxygen atoms in total. The maximum atomic E-state index is 14.2. The Balaban J connectivity index is 1.59. The van der Waals surface area contributed by atoms with Gasteiger partial charge in [0.1, 0.15) is 4.88 Å². The van der Waals surface area contributed by atoms with Crippen molar-refractivity contribution in [3.63, 3.8) is 0 Å². The number of hydrogen-bond acceptors (Lipinski definition) is 5. The molecular formula is C31H43NO5S. The van der Waals surface area contributed by atoms with Gasteiger partial charge in [-0.25, -0.2) is 4.79 Å². The molecule has 3 atom stereocenters. The number of carbonyl (C=O) groups is 2. The van der Waals surface area contributed by atoms with Crippen molar-refractivity contribution in [2.24, 2.45) is 23.2 Å². The molecule has 1 aromatic rings. The maximum absolute atomic E-state index is 14.2.